The molecule has 0 aromatic heterocycles. The summed E-state index contributed by atoms with van der Waals surface area (Å²) in [6, 6.07) is 8.95. The minimum atomic E-state index is -3.75. The van der Waals surface area contributed by atoms with E-state index in [1.54, 1.807) is 13.8 Å². The van der Waals surface area contributed by atoms with E-state index in [1.807, 2.05) is 0 Å². The fourth-order valence-corrected chi connectivity index (χ4v) is 3.81. The fourth-order valence-electron chi connectivity index (χ4n) is 2.32. The first-order valence-electron chi connectivity index (χ1n) is 7.70. The van der Waals surface area contributed by atoms with Crippen LogP contribution in [0.2, 0.25) is 0 Å². The van der Waals surface area contributed by atoms with Crippen LogP contribution < -0.4 is 5.32 Å². The second kappa shape index (κ2) is 7.62. The highest BCUT2D eigenvalue weighted by molar-refractivity contribution is 7.89. The molecule has 6 nitrogen and oxygen atoms in total. The lowest BCUT2D eigenvalue weighted by Gasteiger charge is -2.19. The third-order valence-electron chi connectivity index (χ3n) is 3.68. The van der Waals surface area contributed by atoms with E-state index in [1.165, 1.54) is 34.6 Å². The van der Waals surface area contributed by atoms with Crippen LogP contribution in [0.4, 0.5) is 10.1 Å². The highest BCUT2D eigenvalue weighted by atomic mass is 32.2. The van der Waals surface area contributed by atoms with Gasteiger partial charge in [0.1, 0.15) is 11.6 Å². The molecule has 0 atom stereocenters. The molecular weight excluding hydrogens is 347 g/mol. The maximum Gasteiger partial charge on any atom is 0.258 e. The monoisotopic (exact) mass is 366 g/mol. The number of hydrogen-bond acceptors (Lipinski definition) is 4. The number of aromatic hydroxyl groups is 1. The molecule has 2 aromatic carbocycles. The first-order chi connectivity index (χ1) is 11.8. The van der Waals surface area contributed by atoms with Crippen LogP contribution >= 0.6 is 0 Å². The zero-order valence-corrected chi connectivity index (χ0v) is 14.7. The molecule has 0 saturated carbocycles. The van der Waals surface area contributed by atoms with Gasteiger partial charge in [0.15, 0.2) is 0 Å². The second-order valence-electron chi connectivity index (χ2n) is 5.20. The number of nitrogens with zero attached hydrogens (tertiary/aromatic N) is 1. The lowest BCUT2D eigenvalue weighted by atomic mass is 10.2. The summed E-state index contributed by atoms with van der Waals surface area (Å²) in [6.07, 6.45) is 0. The van der Waals surface area contributed by atoms with Gasteiger partial charge in [-0.05, 0) is 30.3 Å². The van der Waals surface area contributed by atoms with Crippen LogP contribution in [0.25, 0.3) is 0 Å². The second-order valence-corrected chi connectivity index (χ2v) is 7.14. The SMILES string of the molecule is CCN(CC)S(=O)(=O)c1ccc(O)c(NC(=O)c2ccccc2F)c1. The Labute approximate surface area is 146 Å². The van der Waals surface area contributed by atoms with Gasteiger partial charge in [-0.15, -0.1) is 0 Å². The summed E-state index contributed by atoms with van der Waals surface area (Å²) < 4.78 is 40.0. The van der Waals surface area contributed by atoms with Crippen molar-refractivity contribution in [3.05, 3.63) is 53.8 Å². The molecule has 134 valence electrons. The van der Waals surface area contributed by atoms with Crippen LogP contribution in [0.5, 0.6) is 5.75 Å². The third-order valence-corrected chi connectivity index (χ3v) is 5.72. The minimum Gasteiger partial charge on any atom is -0.506 e. The fraction of sp³-hybridized carbons (Fsp3) is 0.235. The number of carbonyl (C=O) groups is 1. The van der Waals surface area contributed by atoms with E-state index in [0.29, 0.717) is 0 Å². The van der Waals surface area contributed by atoms with Gasteiger partial charge in [0.05, 0.1) is 16.1 Å². The highest BCUT2D eigenvalue weighted by Crippen LogP contribution is 2.28. The highest BCUT2D eigenvalue weighted by Gasteiger charge is 2.23. The van der Waals surface area contributed by atoms with Crippen molar-refractivity contribution in [2.24, 2.45) is 0 Å². The van der Waals surface area contributed by atoms with Gasteiger partial charge in [-0.25, -0.2) is 12.8 Å². The maximum absolute atomic E-state index is 13.7. The van der Waals surface area contributed by atoms with Crippen LogP contribution in [0.3, 0.4) is 0 Å². The van der Waals surface area contributed by atoms with Gasteiger partial charge in [0.2, 0.25) is 10.0 Å². The van der Waals surface area contributed by atoms with E-state index in [2.05, 4.69) is 5.32 Å². The number of anilines is 1. The van der Waals surface area contributed by atoms with Crippen molar-refractivity contribution in [1.29, 1.82) is 0 Å². The first-order valence-corrected chi connectivity index (χ1v) is 9.14. The van der Waals surface area contributed by atoms with E-state index < -0.39 is 21.7 Å². The molecule has 0 unspecified atom stereocenters. The standard InChI is InChI=1S/C17H19FN2O4S/c1-3-20(4-2)25(23,24)12-9-10-16(21)15(11-12)19-17(22)13-7-5-6-8-14(13)18/h5-11,21H,3-4H2,1-2H3,(H,19,22). The van der Waals surface area contributed by atoms with Gasteiger partial charge >= 0.3 is 0 Å². The summed E-state index contributed by atoms with van der Waals surface area (Å²) in [7, 11) is -3.75. The Balaban J connectivity index is 2.37. The number of phenolic OH excluding ortho intramolecular Hbond substituents is 1. The number of nitrogens with one attached hydrogen (secondary N) is 1. The van der Waals surface area contributed by atoms with Crippen LogP contribution in [-0.2, 0) is 10.0 Å². The lowest BCUT2D eigenvalue weighted by molar-refractivity contribution is 0.102. The molecule has 0 aliphatic carbocycles. The molecule has 2 N–H and O–H groups in total. The Morgan fingerprint density at radius 3 is 2.40 bits per heavy atom. The summed E-state index contributed by atoms with van der Waals surface area (Å²) in [5.41, 5.74) is -0.319. The molecule has 2 rings (SSSR count). The van der Waals surface area contributed by atoms with E-state index >= 15 is 0 Å². The molecule has 0 saturated heterocycles. The summed E-state index contributed by atoms with van der Waals surface area (Å²) in [6.45, 7) is 4.00. The molecule has 8 heteroatoms. The Hall–Kier alpha value is -2.45. The van der Waals surface area contributed by atoms with Crippen LogP contribution in [0.1, 0.15) is 24.2 Å². The van der Waals surface area contributed by atoms with E-state index in [0.717, 1.165) is 12.1 Å². The smallest absolute Gasteiger partial charge is 0.258 e. The number of amides is 1. The Morgan fingerprint density at radius 2 is 1.80 bits per heavy atom. The predicted molar refractivity (Wildman–Crippen MR) is 92.6 cm³/mol. The molecule has 0 aliphatic heterocycles. The van der Waals surface area contributed by atoms with E-state index in [9.17, 15) is 22.7 Å². The number of hydrogen-bond donors (Lipinski definition) is 2. The number of benzene rings is 2. The van der Waals surface area contributed by atoms with Crippen molar-refractivity contribution < 1.29 is 22.7 Å². The normalized spacial score (nSPS) is 11.5. The third kappa shape index (κ3) is 3.97. The zero-order valence-electron chi connectivity index (χ0n) is 13.9. The lowest BCUT2D eigenvalue weighted by Crippen LogP contribution is -2.30. The molecule has 0 fully saturated rings. The number of phenols is 1. The number of carbonyl (C=O) groups excluding carboxylic acids is 1. The average molecular weight is 366 g/mol. The predicted octanol–water partition coefficient (Wildman–Crippen LogP) is 2.81. The first kappa shape index (κ1) is 18.9. The van der Waals surface area contributed by atoms with Crippen molar-refractivity contribution in [3.63, 3.8) is 0 Å². The molecule has 0 spiro atoms. The van der Waals surface area contributed by atoms with Crippen molar-refractivity contribution in [1.82, 2.24) is 4.31 Å². The molecule has 0 heterocycles. The summed E-state index contributed by atoms with van der Waals surface area (Å²) in [5.74, 6) is -1.82. The largest absolute Gasteiger partial charge is 0.506 e. The number of halogens is 1. The molecule has 2 aromatic rings. The maximum atomic E-state index is 13.7. The van der Waals surface area contributed by atoms with E-state index in [4.69, 9.17) is 0 Å². The van der Waals surface area contributed by atoms with Gasteiger partial charge in [0, 0.05) is 13.1 Å². The molecule has 1 amide bonds. The Kier molecular flexibility index (Phi) is 5.76. The molecular formula is C17H19FN2O4S. The average Bonchev–Trinajstić information content (AvgIpc) is 2.57. The Morgan fingerprint density at radius 1 is 1.16 bits per heavy atom. The summed E-state index contributed by atoms with van der Waals surface area (Å²) in [4.78, 5) is 12.1. The van der Waals surface area contributed by atoms with Crippen molar-refractivity contribution in [2.75, 3.05) is 18.4 Å². The van der Waals surface area contributed by atoms with Crippen molar-refractivity contribution >= 4 is 21.6 Å². The van der Waals surface area contributed by atoms with Crippen LogP contribution in [0, 0.1) is 5.82 Å². The topological polar surface area (TPSA) is 86.7 Å². The summed E-state index contributed by atoms with van der Waals surface area (Å²) in [5, 5.41) is 12.2. The molecule has 0 aliphatic rings. The summed E-state index contributed by atoms with van der Waals surface area (Å²) >= 11 is 0. The number of sulfonamides is 1. The Bertz CT molecular complexity index is 880. The van der Waals surface area contributed by atoms with Crippen LogP contribution in [-0.4, -0.2) is 36.8 Å². The van der Waals surface area contributed by atoms with Gasteiger partial charge in [0.25, 0.3) is 5.91 Å². The molecule has 0 radical (unpaired) electrons. The van der Waals surface area contributed by atoms with E-state index in [-0.39, 0.29) is 35.0 Å². The quantitative estimate of drug-likeness (QED) is 0.770. The molecule has 0 bridgehead atoms. The van der Waals surface area contributed by atoms with Gasteiger partial charge in [-0.2, -0.15) is 4.31 Å². The zero-order chi connectivity index (χ0) is 18.6. The molecule has 25 heavy (non-hydrogen) atoms. The van der Waals surface area contributed by atoms with Gasteiger partial charge in [-0.3, -0.25) is 4.79 Å². The minimum absolute atomic E-state index is 0.0715. The van der Waals surface area contributed by atoms with Gasteiger partial charge in [-0.1, -0.05) is 26.0 Å². The van der Waals surface area contributed by atoms with Crippen molar-refractivity contribution in [2.45, 2.75) is 18.7 Å². The van der Waals surface area contributed by atoms with Gasteiger partial charge < -0.3 is 10.4 Å². The van der Waals surface area contributed by atoms with Crippen LogP contribution in [0.15, 0.2) is 47.4 Å². The number of rotatable bonds is 6. The van der Waals surface area contributed by atoms with Crippen molar-refractivity contribution in [3.8, 4) is 5.75 Å².